The van der Waals surface area contributed by atoms with Crippen molar-refractivity contribution in [1.82, 2.24) is 10.2 Å². The van der Waals surface area contributed by atoms with Gasteiger partial charge in [-0.2, -0.15) is 0 Å². The number of carbonyl (C=O) groups is 3. The van der Waals surface area contributed by atoms with Crippen molar-refractivity contribution in [2.24, 2.45) is 0 Å². The third kappa shape index (κ3) is 6.64. The van der Waals surface area contributed by atoms with Crippen LogP contribution in [0.3, 0.4) is 0 Å². The molecule has 0 bridgehead atoms. The van der Waals surface area contributed by atoms with Gasteiger partial charge in [0.15, 0.2) is 0 Å². The molecule has 0 rings (SSSR count). The van der Waals surface area contributed by atoms with Crippen molar-refractivity contribution in [2.45, 2.75) is 45.7 Å². The van der Waals surface area contributed by atoms with Crippen molar-refractivity contribution in [1.29, 1.82) is 0 Å². The van der Waals surface area contributed by atoms with E-state index in [2.05, 4.69) is 10.1 Å². The summed E-state index contributed by atoms with van der Waals surface area (Å²) in [7, 11) is 1.25. The number of ether oxygens (including phenoxy) is 1. The summed E-state index contributed by atoms with van der Waals surface area (Å²) in [5.74, 6) is -1.49. The minimum absolute atomic E-state index is 0.146. The highest BCUT2D eigenvalue weighted by molar-refractivity contribution is 5.81. The van der Waals surface area contributed by atoms with E-state index < -0.39 is 24.0 Å². The van der Waals surface area contributed by atoms with Gasteiger partial charge in [0.05, 0.1) is 13.5 Å². The largest absolute Gasteiger partial charge is 0.481 e. The second kappa shape index (κ2) is 8.34. The minimum atomic E-state index is -0.976. The average molecular weight is 274 g/mol. The van der Waals surface area contributed by atoms with E-state index in [1.165, 1.54) is 12.0 Å². The van der Waals surface area contributed by atoms with E-state index >= 15 is 0 Å². The fourth-order valence-corrected chi connectivity index (χ4v) is 1.46. The van der Waals surface area contributed by atoms with Gasteiger partial charge in [0, 0.05) is 12.1 Å². The molecule has 7 heteroatoms. The molecule has 0 spiro atoms. The number of amides is 2. The predicted octanol–water partition coefficient (Wildman–Crippen LogP) is 0.833. The SMILES string of the molecule is CCC(CC(=O)O)NC(=O)N(CC(=O)OC)C(C)C. The van der Waals surface area contributed by atoms with E-state index in [9.17, 15) is 14.4 Å². The van der Waals surface area contributed by atoms with Gasteiger partial charge in [0.1, 0.15) is 6.54 Å². The molecule has 0 aromatic heterocycles. The van der Waals surface area contributed by atoms with E-state index in [1.807, 2.05) is 0 Å². The van der Waals surface area contributed by atoms with Gasteiger partial charge in [0.2, 0.25) is 0 Å². The molecular formula is C12H22N2O5. The predicted molar refractivity (Wildman–Crippen MR) is 68.7 cm³/mol. The van der Waals surface area contributed by atoms with Crippen LogP contribution in [0.2, 0.25) is 0 Å². The van der Waals surface area contributed by atoms with Gasteiger partial charge in [-0.25, -0.2) is 4.79 Å². The Bertz CT molecular complexity index is 330. The maximum absolute atomic E-state index is 12.0. The molecule has 0 saturated carbocycles. The number of urea groups is 1. The molecule has 0 saturated heterocycles. The molecule has 19 heavy (non-hydrogen) atoms. The Hall–Kier alpha value is -1.79. The van der Waals surface area contributed by atoms with Gasteiger partial charge in [-0.15, -0.1) is 0 Å². The van der Waals surface area contributed by atoms with Crippen LogP contribution in [0.25, 0.3) is 0 Å². The first-order valence-corrected chi connectivity index (χ1v) is 6.17. The lowest BCUT2D eigenvalue weighted by Crippen LogP contribution is -2.50. The summed E-state index contributed by atoms with van der Waals surface area (Å²) >= 11 is 0. The summed E-state index contributed by atoms with van der Waals surface area (Å²) in [6.07, 6.45) is 0.356. The average Bonchev–Trinajstić information content (AvgIpc) is 2.33. The van der Waals surface area contributed by atoms with Crippen LogP contribution in [-0.4, -0.2) is 53.7 Å². The number of carboxylic acid groups (broad SMARTS) is 1. The number of carboxylic acids is 1. The first kappa shape index (κ1) is 17.2. The van der Waals surface area contributed by atoms with Crippen LogP contribution >= 0.6 is 0 Å². The molecule has 2 N–H and O–H groups in total. The zero-order chi connectivity index (χ0) is 15.0. The highest BCUT2D eigenvalue weighted by Crippen LogP contribution is 2.03. The monoisotopic (exact) mass is 274 g/mol. The van der Waals surface area contributed by atoms with Gasteiger partial charge in [-0.1, -0.05) is 6.92 Å². The van der Waals surface area contributed by atoms with Crippen LogP contribution in [-0.2, 0) is 14.3 Å². The van der Waals surface area contributed by atoms with Crippen molar-refractivity contribution < 1.29 is 24.2 Å². The zero-order valence-electron chi connectivity index (χ0n) is 11.8. The molecule has 0 aliphatic rings. The molecular weight excluding hydrogens is 252 g/mol. The standard InChI is InChI=1S/C12H22N2O5/c1-5-9(6-10(15)16)13-12(18)14(8(2)3)7-11(17)19-4/h8-9H,5-7H2,1-4H3,(H,13,18)(H,15,16). The van der Waals surface area contributed by atoms with Crippen LogP contribution < -0.4 is 5.32 Å². The van der Waals surface area contributed by atoms with Crippen molar-refractivity contribution >= 4 is 18.0 Å². The Balaban J connectivity index is 4.62. The Morgan fingerprint density at radius 3 is 2.26 bits per heavy atom. The van der Waals surface area contributed by atoms with Gasteiger partial charge in [-0.3, -0.25) is 9.59 Å². The summed E-state index contributed by atoms with van der Waals surface area (Å²) in [6, 6.07) is -1.11. The normalized spacial score (nSPS) is 11.8. The molecule has 0 aromatic carbocycles. The van der Waals surface area contributed by atoms with Crippen molar-refractivity contribution in [3.8, 4) is 0 Å². The fourth-order valence-electron chi connectivity index (χ4n) is 1.46. The maximum Gasteiger partial charge on any atom is 0.325 e. The van der Waals surface area contributed by atoms with Gasteiger partial charge in [0.25, 0.3) is 0 Å². The van der Waals surface area contributed by atoms with E-state index in [-0.39, 0.29) is 19.0 Å². The highest BCUT2D eigenvalue weighted by atomic mass is 16.5. The number of carbonyl (C=O) groups excluding carboxylic acids is 2. The molecule has 0 aliphatic carbocycles. The molecule has 0 heterocycles. The molecule has 0 aliphatic heterocycles. The van der Waals surface area contributed by atoms with E-state index in [0.29, 0.717) is 6.42 Å². The second-order valence-electron chi connectivity index (χ2n) is 4.45. The molecule has 1 atom stereocenters. The number of aliphatic carboxylic acids is 1. The zero-order valence-corrected chi connectivity index (χ0v) is 11.8. The van der Waals surface area contributed by atoms with Gasteiger partial charge in [-0.05, 0) is 20.3 Å². The molecule has 7 nitrogen and oxygen atoms in total. The molecule has 110 valence electrons. The molecule has 0 aromatic rings. The Labute approximate surface area is 112 Å². The van der Waals surface area contributed by atoms with Crippen LogP contribution in [0.4, 0.5) is 4.79 Å². The number of rotatable bonds is 7. The number of hydrogen-bond acceptors (Lipinski definition) is 4. The highest BCUT2D eigenvalue weighted by Gasteiger charge is 2.23. The second-order valence-corrected chi connectivity index (χ2v) is 4.45. The number of methoxy groups -OCH3 is 1. The van der Waals surface area contributed by atoms with Gasteiger partial charge < -0.3 is 20.1 Å². The molecule has 2 amide bonds. The fraction of sp³-hybridized carbons (Fsp3) is 0.750. The smallest absolute Gasteiger partial charge is 0.325 e. The lowest BCUT2D eigenvalue weighted by Gasteiger charge is -2.27. The van der Waals surface area contributed by atoms with E-state index in [1.54, 1.807) is 20.8 Å². The van der Waals surface area contributed by atoms with Crippen molar-refractivity contribution in [2.75, 3.05) is 13.7 Å². The van der Waals surface area contributed by atoms with Gasteiger partial charge >= 0.3 is 18.0 Å². The summed E-state index contributed by atoms with van der Waals surface area (Å²) in [6.45, 7) is 5.15. The third-order valence-corrected chi connectivity index (χ3v) is 2.65. The maximum atomic E-state index is 12.0. The quantitative estimate of drug-likeness (QED) is 0.670. The van der Waals surface area contributed by atoms with Crippen LogP contribution in [0.15, 0.2) is 0 Å². The first-order valence-electron chi connectivity index (χ1n) is 6.17. The van der Waals surface area contributed by atoms with E-state index in [0.717, 1.165) is 0 Å². The summed E-state index contributed by atoms with van der Waals surface area (Å²) in [4.78, 5) is 35.2. The Morgan fingerprint density at radius 1 is 1.32 bits per heavy atom. The van der Waals surface area contributed by atoms with Crippen LogP contribution in [0.5, 0.6) is 0 Å². The van der Waals surface area contributed by atoms with Crippen molar-refractivity contribution in [3.05, 3.63) is 0 Å². The number of nitrogens with zero attached hydrogens (tertiary/aromatic N) is 1. The number of hydrogen-bond donors (Lipinski definition) is 2. The third-order valence-electron chi connectivity index (χ3n) is 2.65. The van der Waals surface area contributed by atoms with Crippen LogP contribution in [0.1, 0.15) is 33.6 Å². The van der Waals surface area contributed by atoms with E-state index in [4.69, 9.17) is 5.11 Å². The summed E-state index contributed by atoms with van der Waals surface area (Å²) in [5, 5.41) is 11.3. The Morgan fingerprint density at radius 2 is 1.89 bits per heavy atom. The first-order chi connectivity index (χ1) is 8.81. The number of esters is 1. The van der Waals surface area contributed by atoms with Crippen LogP contribution in [0, 0.1) is 0 Å². The lowest BCUT2D eigenvalue weighted by molar-refractivity contribution is -0.142. The Kier molecular flexibility index (Phi) is 7.55. The van der Waals surface area contributed by atoms with Crippen molar-refractivity contribution in [3.63, 3.8) is 0 Å². The number of nitrogens with one attached hydrogen (secondary N) is 1. The topological polar surface area (TPSA) is 95.9 Å². The molecule has 1 unspecified atom stereocenters. The minimum Gasteiger partial charge on any atom is -0.481 e. The molecule has 0 fully saturated rings. The molecule has 0 radical (unpaired) electrons. The lowest BCUT2D eigenvalue weighted by atomic mass is 10.1. The summed E-state index contributed by atoms with van der Waals surface area (Å²) < 4.78 is 4.52. The summed E-state index contributed by atoms with van der Waals surface area (Å²) in [5.41, 5.74) is 0.